The van der Waals surface area contributed by atoms with E-state index < -0.39 is 35.6 Å². The van der Waals surface area contributed by atoms with Crippen LogP contribution in [0.15, 0.2) is 18.2 Å². The van der Waals surface area contributed by atoms with Gasteiger partial charge < -0.3 is 10.2 Å². The second-order valence-electron chi connectivity index (χ2n) is 6.33. The number of fused-ring (bicyclic) bond motifs is 1. The van der Waals surface area contributed by atoms with Crippen molar-refractivity contribution in [3.05, 3.63) is 34.9 Å². The molecule has 0 aromatic heterocycles. The molecule has 4 amide bonds. The van der Waals surface area contributed by atoms with Crippen LogP contribution >= 0.6 is 0 Å². The minimum Gasteiger partial charge on any atom is -0.334 e. The molecule has 0 spiro atoms. The van der Waals surface area contributed by atoms with Crippen LogP contribution < -0.4 is 10.6 Å². The lowest BCUT2D eigenvalue weighted by Gasteiger charge is -2.21. The van der Waals surface area contributed by atoms with Crippen LogP contribution in [0.25, 0.3) is 0 Å². The molecular formula is C16H16F3N3O3. The summed E-state index contributed by atoms with van der Waals surface area (Å²) >= 11 is 0. The van der Waals surface area contributed by atoms with Crippen molar-refractivity contribution in [3.8, 4) is 0 Å². The van der Waals surface area contributed by atoms with Crippen LogP contribution in [-0.2, 0) is 28.9 Å². The average molecular weight is 355 g/mol. The third-order valence-corrected chi connectivity index (χ3v) is 4.44. The lowest BCUT2D eigenvalue weighted by atomic mass is 10.0. The smallest absolute Gasteiger partial charge is 0.334 e. The molecule has 6 nitrogen and oxygen atoms in total. The summed E-state index contributed by atoms with van der Waals surface area (Å²) in [6.45, 7) is 1.97. The number of benzene rings is 1. The van der Waals surface area contributed by atoms with Crippen molar-refractivity contribution in [2.75, 3.05) is 0 Å². The maximum absolute atomic E-state index is 12.8. The van der Waals surface area contributed by atoms with E-state index in [-0.39, 0.29) is 25.4 Å². The van der Waals surface area contributed by atoms with Crippen LogP contribution in [0.3, 0.4) is 0 Å². The van der Waals surface area contributed by atoms with Gasteiger partial charge in [0.25, 0.3) is 5.91 Å². The predicted octanol–water partition coefficient (Wildman–Crippen LogP) is 1.78. The summed E-state index contributed by atoms with van der Waals surface area (Å²) in [6.07, 6.45) is -4.29. The summed E-state index contributed by atoms with van der Waals surface area (Å²) in [5.41, 5.74) is 0.418. The zero-order valence-corrected chi connectivity index (χ0v) is 13.3. The Morgan fingerprint density at radius 1 is 1.28 bits per heavy atom. The Bertz CT molecular complexity index is 748. The number of alkyl halides is 3. The lowest BCUT2D eigenvalue weighted by Crippen LogP contribution is -2.37. The maximum atomic E-state index is 12.8. The normalized spacial score (nSPS) is 21.0. The first kappa shape index (κ1) is 17.2. The van der Waals surface area contributed by atoms with E-state index in [0.29, 0.717) is 11.1 Å². The zero-order chi connectivity index (χ0) is 18.4. The minimum absolute atomic E-state index is 0.103. The topological polar surface area (TPSA) is 78.5 Å². The summed E-state index contributed by atoms with van der Waals surface area (Å²) in [5, 5.41) is 4.52. The van der Waals surface area contributed by atoms with Crippen LogP contribution in [0.5, 0.6) is 0 Å². The van der Waals surface area contributed by atoms with Crippen molar-refractivity contribution >= 4 is 17.8 Å². The fourth-order valence-corrected chi connectivity index (χ4v) is 3.12. The van der Waals surface area contributed by atoms with Gasteiger partial charge in [-0.3, -0.25) is 14.9 Å². The molecule has 2 unspecified atom stereocenters. The summed E-state index contributed by atoms with van der Waals surface area (Å²) in [7, 11) is 0. The van der Waals surface area contributed by atoms with Gasteiger partial charge in [0.05, 0.1) is 5.56 Å². The largest absolute Gasteiger partial charge is 0.416 e. The van der Waals surface area contributed by atoms with Gasteiger partial charge in [-0.1, -0.05) is 13.0 Å². The first-order chi connectivity index (χ1) is 11.6. The average Bonchev–Trinajstić information content (AvgIpc) is 3.07. The number of carbonyl (C=O) groups is 3. The number of urea groups is 1. The molecule has 2 heterocycles. The molecule has 25 heavy (non-hydrogen) atoms. The number of imide groups is 1. The Morgan fingerprint density at radius 3 is 2.56 bits per heavy atom. The number of amides is 4. The zero-order valence-electron chi connectivity index (χ0n) is 13.3. The monoisotopic (exact) mass is 355 g/mol. The summed E-state index contributed by atoms with van der Waals surface area (Å²) in [5.74, 6) is -1.30. The van der Waals surface area contributed by atoms with Crippen molar-refractivity contribution in [2.45, 2.75) is 38.7 Å². The Hall–Kier alpha value is -2.58. The molecule has 9 heteroatoms. The Kier molecular flexibility index (Phi) is 4.18. The fraction of sp³-hybridized carbons (Fsp3) is 0.438. The van der Waals surface area contributed by atoms with E-state index in [9.17, 15) is 27.6 Å². The fourth-order valence-electron chi connectivity index (χ4n) is 3.12. The van der Waals surface area contributed by atoms with Gasteiger partial charge in [0, 0.05) is 19.0 Å². The SMILES string of the molecule is CC(CC1NC(=O)NC1=O)C(=O)N1Cc2ccc(C(F)(F)F)cc2C1. The highest BCUT2D eigenvalue weighted by Gasteiger charge is 2.36. The third kappa shape index (κ3) is 3.45. The number of rotatable bonds is 3. The van der Waals surface area contributed by atoms with E-state index >= 15 is 0 Å². The van der Waals surface area contributed by atoms with Crippen molar-refractivity contribution in [3.63, 3.8) is 0 Å². The van der Waals surface area contributed by atoms with Gasteiger partial charge in [-0.15, -0.1) is 0 Å². The number of carbonyl (C=O) groups excluding carboxylic acids is 3. The second kappa shape index (κ2) is 6.05. The Labute approximate surface area is 141 Å². The molecule has 1 saturated heterocycles. The lowest BCUT2D eigenvalue weighted by molar-refractivity contribution is -0.137. The summed E-state index contributed by atoms with van der Waals surface area (Å²) < 4.78 is 38.3. The van der Waals surface area contributed by atoms with E-state index in [0.717, 1.165) is 12.1 Å². The van der Waals surface area contributed by atoms with Crippen LogP contribution in [0, 0.1) is 5.92 Å². The van der Waals surface area contributed by atoms with Gasteiger partial charge in [-0.05, 0) is 29.7 Å². The minimum atomic E-state index is -4.42. The first-order valence-electron chi connectivity index (χ1n) is 7.74. The van der Waals surface area contributed by atoms with Crippen LogP contribution in [0.1, 0.15) is 30.0 Å². The van der Waals surface area contributed by atoms with Crippen molar-refractivity contribution in [1.29, 1.82) is 0 Å². The van der Waals surface area contributed by atoms with Gasteiger partial charge in [0.1, 0.15) is 6.04 Å². The van der Waals surface area contributed by atoms with E-state index in [2.05, 4.69) is 10.6 Å². The van der Waals surface area contributed by atoms with E-state index in [1.165, 1.54) is 11.0 Å². The Balaban J connectivity index is 1.66. The van der Waals surface area contributed by atoms with Gasteiger partial charge in [-0.25, -0.2) is 4.79 Å². The van der Waals surface area contributed by atoms with E-state index in [1.807, 2.05) is 0 Å². The van der Waals surface area contributed by atoms with Crippen LogP contribution in [0.2, 0.25) is 0 Å². The molecule has 134 valence electrons. The molecule has 2 atom stereocenters. The number of nitrogens with one attached hydrogen (secondary N) is 2. The standard InChI is InChI=1S/C16H16F3N3O3/c1-8(4-12-13(23)21-15(25)20-12)14(24)22-6-9-2-3-11(16(17,18)19)5-10(9)7-22/h2-3,5,8,12H,4,6-7H2,1H3,(H2,20,21,23,25). The van der Waals surface area contributed by atoms with Crippen LogP contribution in [-0.4, -0.2) is 28.8 Å². The first-order valence-corrected chi connectivity index (χ1v) is 7.74. The second-order valence-corrected chi connectivity index (χ2v) is 6.33. The van der Waals surface area contributed by atoms with Gasteiger partial charge >= 0.3 is 12.2 Å². The molecule has 1 aromatic rings. The highest BCUT2D eigenvalue weighted by molar-refractivity contribution is 6.04. The van der Waals surface area contributed by atoms with E-state index in [4.69, 9.17) is 0 Å². The van der Waals surface area contributed by atoms with Gasteiger partial charge in [0.15, 0.2) is 0 Å². The molecule has 0 radical (unpaired) electrons. The van der Waals surface area contributed by atoms with Crippen molar-refractivity contribution in [1.82, 2.24) is 15.5 Å². The molecular weight excluding hydrogens is 339 g/mol. The molecule has 2 N–H and O–H groups in total. The molecule has 1 fully saturated rings. The number of hydrogen-bond acceptors (Lipinski definition) is 3. The maximum Gasteiger partial charge on any atom is 0.416 e. The quantitative estimate of drug-likeness (QED) is 0.812. The number of halogens is 3. The number of hydrogen-bond donors (Lipinski definition) is 2. The highest BCUT2D eigenvalue weighted by Crippen LogP contribution is 2.33. The number of nitrogens with zero attached hydrogens (tertiary/aromatic N) is 1. The molecule has 0 aliphatic carbocycles. The van der Waals surface area contributed by atoms with Gasteiger partial charge in [0.2, 0.25) is 5.91 Å². The third-order valence-electron chi connectivity index (χ3n) is 4.44. The molecule has 2 aliphatic rings. The van der Waals surface area contributed by atoms with Crippen molar-refractivity contribution < 1.29 is 27.6 Å². The predicted molar refractivity (Wildman–Crippen MR) is 79.9 cm³/mol. The Morgan fingerprint density at radius 2 is 1.96 bits per heavy atom. The molecule has 3 rings (SSSR count). The molecule has 2 aliphatic heterocycles. The molecule has 1 aromatic carbocycles. The van der Waals surface area contributed by atoms with E-state index in [1.54, 1.807) is 6.92 Å². The van der Waals surface area contributed by atoms with Crippen LogP contribution in [0.4, 0.5) is 18.0 Å². The highest BCUT2D eigenvalue weighted by atomic mass is 19.4. The molecule has 0 bridgehead atoms. The summed E-state index contributed by atoms with van der Waals surface area (Å²) in [6, 6.07) is 2.10. The molecule has 0 saturated carbocycles. The summed E-state index contributed by atoms with van der Waals surface area (Å²) in [4.78, 5) is 36.6. The van der Waals surface area contributed by atoms with Crippen molar-refractivity contribution in [2.24, 2.45) is 5.92 Å². The van der Waals surface area contributed by atoms with Gasteiger partial charge in [-0.2, -0.15) is 13.2 Å².